The van der Waals surface area contributed by atoms with E-state index in [1.165, 1.54) is 11.3 Å². The van der Waals surface area contributed by atoms with Crippen molar-refractivity contribution in [3.05, 3.63) is 59.5 Å². The summed E-state index contributed by atoms with van der Waals surface area (Å²) in [7, 11) is 0. The number of nitrogens with zero attached hydrogens (tertiary/aromatic N) is 3. The monoisotopic (exact) mass is 379 g/mol. The molecule has 0 bridgehead atoms. The average Bonchev–Trinajstić information content (AvgIpc) is 3.21. The molecule has 4 rings (SSSR count). The highest BCUT2D eigenvalue weighted by Gasteiger charge is 2.18. The number of ketones is 1. The van der Waals surface area contributed by atoms with Gasteiger partial charge < -0.3 is 16.0 Å². The van der Waals surface area contributed by atoms with Crippen LogP contribution in [0.3, 0.4) is 0 Å². The molecule has 0 aliphatic carbocycles. The molecule has 0 amide bonds. The molecule has 0 atom stereocenters. The number of nitrogens with two attached hydrogens (primary N) is 1. The molecule has 2 aromatic heterocycles. The number of benzene rings is 1. The summed E-state index contributed by atoms with van der Waals surface area (Å²) in [6.45, 7) is 3.80. The number of hydrogen-bond donors (Lipinski definition) is 2. The second-order valence-electron chi connectivity index (χ2n) is 6.49. The number of carbonyl (C=O) groups excluding carboxylic acids is 1. The Balaban J connectivity index is 1.52. The molecular formula is C20H21N5OS. The zero-order chi connectivity index (χ0) is 18.6. The number of piperazine rings is 1. The van der Waals surface area contributed by atoms with Gasteiger partial charge in [0.15, 0.2) is 10.8 Å². The SMILES string of the molecule is Nc1ccc(-c2ccncc2)cc1CC(=O)c1ncc(N2CCNCC2)s1. The maximum atomic E-state index is 12.8. The smallest absolute Gasteiger partial charge is 0.195 e. The molecule has 7 heteroatoms. The molecule has 1 fully saturated rings. The fourth-order valence-corrected chi connectivity index (χ4v) is 4.06. The zero-order valence-electron chi connectivity index (χ0n) is 14.9. The van der Waals surface area contributed by atoms with Crippen LogP contribution in [0, 0.1) is 0 Å². The molecule has 1 aromatic carbocycles. The number of rotatable bonds is 5. The maximum Gasteiger partial charge on any atom is 0.195 e. The topological polar surface area (TPSA) is 84.1 Å². The van der Waals surface area contributed by atoms with Crippen molar-refractivity contribution in [1.29, 1.82) is 0 Å². The predicted molar refractivity (Wildman–Crippen MR) is 109 cm³/mol. The molecule has 27 heavy (non-hydrogen) atoms. The lowest BCUT2D eigenvalue weighted by molar-refractivity contribution is 0.0993. The van der Waals surface area contributed by atoms with Crippen LogP contribution in [0.25, 0.3) is 11.1 Å². The molecule has 3 aromatic rings. The molecule has 6 nitrogen and oxygen atoms in total. The summed E-state index contributed by atoms with van der Waals surface area (Å²) in [6, 6.07) is 9.68. The number of anilines is 2. The minimum absolute atomic E-state index is 0.0000345. The second-order valence-corrected chi connectivity index (χ2v) is 7.50. The largest absolute Gasteiger partial charge is 0.398 e. The Labute approximate surface area is 162 Å². The van der Waals surface area contributed by atoms with E-state index in [1.54, 1.807) is 18.6 Å². The molecule has 0 radical (unpaired) electrons. The quantitative estimate of drug-likeness (QED) is 0.524. The lowest BCUT2D eigenvalue weighted by Gasteiger charge is -2.27. The van der Waals surface area contributed by atoms with E-state index in [2.05, 4.69) is 20.2 Å². The first-order valence-corrected chi connectivity index (χ1v) is 9.76. The molecular weight excluding hydrogens is 358 g/mol. The van der Waals surface area contributed by atoms with E-state index in [0.717, 1.165) is 47.9 Å². The van der Waals surface area contributed by atoms with Crippen LogP contribution in [0.2, 0.25) is 0 Å². The number of nitrogen functional groups attached to an aromatic ring is 1. The van der Waals surface area contributed by atoms with Crippen LogP contribution in [0.15, 0.2) is 48.9 Å². The van der Waals surface area contributed by atoms with Gasteiger partial charge in [0.1, 0.15) is 5.00 Å². The molecule has 1 saturated heterocycles. The minimum atomic E-state index is -0.0000345. The van der Waals surface area contributed by atoms with Crippen LogP contribution in [0.5, 0.6) is 0 Å². The fourth-order valence-electron chi connectivity index (χ4n) is 3.16. The Morgan fingerprint density at radius 2 is 1.93 bits per heavy atom. The van der Waals surface area contributed by atoms with E-state index in [9.17, 15) is 4.79 Å². The van der Waals surface area contributed by atoms with Gasteiger partial charge in [-0.25, -0.2) is 4.98 Å². The normalized spacial score (nSPS) is 14.3. The Morgan fingerprint density at radius 3 is 2.70 bits per heavy atom. The summed E-state index contributed by atoms with van der Waals surface area (Å²) in [6.07, 6.45) is 5.56. The van der Waals surface area contributed by atoms with Crippen LogP contribution in [-0.2, 0) is 6.42 Å². The standard InChI is InChI=1S/C20H21N5OS/c21-17-2-1-15(14-3-5-22-6-4-14)11-16(17)12-18(26)20-24-13-19(27-20)25-9-7-23-8-10-25/h1-6,11,13,23H,7-10,12,21H2. The maximum absolute atomic E-state index is 12.8. The summed E-state index contributed by atoms with van der Waals surface area (Å²) in [5.41, 5.74) is 9.64. The first-order chi connectivity index (χ1) is 13.2. The van der Waals surface area contributed by atoms with Gasteiger partial charge in [-0.15, -0.1) is 0 Å². The minimum Gasteiger partial charge on any atom is -0.398 e. The van der Waals surface area contributed by atoms with Crippen molar-refractivity contribution in [3.8, 4) is 11.1 Å². The third-order valence-electron chi connectivity index (χ3n) is 4.67. The van der Waals surface area contributed by atoms with Gasteiger partial charge in [0.05, 0.1) is 6.20 Å². The van der Waals surface area contributed by atoms with E-state index in [-0.39, 0.29) is 12.2 Å². The van der Waals surface area contributed by atoms with Crippen molar-refractivity contribution in [3.63, 3.8) is 0 Å². The first-order valence-electron chi connectivity index (χ1n) is 8.94. The van der Waals surface area contributed by atoms with Crippen LogP contribution in [0.1, 0.15) is 15.4 Å². The van der Waals surface area contributed by atoms with Gasteiger partial charge in [0.25, 0.3) is 0 Å². The summed E-state index contributed by atoms with van der Waals surface area (Å²) in [5, 5.41) is 4.92. The number of aromatic nitrogens is 2. The van der Waals surface area contributed by atoms with Gasteiger partial charge in [0, 0.05) is 50.7 Å². The Hall–Kier alpha value is -2.77. The van der Waals surface area contributed by atoms with Crippen molar-refractivity contribution in [1.82, 2.24) is 15.3 Å². The van der Waals surface area contributed by atoms with Crippen molar-refractivity contribution in [2.75, 3.05) is 36.8 Å². The molecule has 3 heterocycles. The number of thiazole rings is 1. The molecule has 1 aliphatic rings. The zero-order valence-corrected chi connectivity index (χ0v) is 15.7. The lowest BCUT2D eigenvalue weighted by Crippen LogP contribution is -2.43. The highest BCUT2D eigenvalue weighted by Crippen LogP contribution is 2.27. The number of nitrogens with one attached hydrogen (secondary N) is 1. The first kappa shape index (κ1) is 17.6. The Morgan fingerprint density at radius 1 is 1.15 bits per heavy atom. The Bertz CT molecular complexity index is 935. The molecule has 0 unspecified atom stereocenters. The van der Waals surface area contributed by atoms with E-state index < -0.39 is 0 Å². The van der Waals surface area contributed by atoms with Crippen LogP contribution < -0.4 is 16.0 Å². The summed E-state index contributed by atoms with van der Waals surface area (Å²) >= 11 is 1.46. The lowest BCUT2D eigenvalue weighted by atomic mass is 10.00. The molecule has 1 aliphatic heterocycles. The second kappa shape index (κ2) is 7.85. The molecule has 0 saturated carbocycles. The van der Waals surface area contributed by atoms with Crippen molar-refractivity contribution in [2.45, 2.75) is 6.42 Å². The predicted octanol–water partition coefficient (Wildman–Crippen LogP) is 2.62. The van der Waals surface area contributed by atoms with Crippen molar-refractivity contribution in [2.24, 2.45) is 0 Å². The number of carbonyl (C=O) groups is 1. The van der Waals surface area contributed by atoms with E-state index in [4.69, 9.17) is 5.73 Å². The van der Waals surface area contributed by atoms with E-state index >= 15 is 0 Å². The van der Waals surface area contributed by atoms with Crippen molar-refractivity contribution >= 4 is 27.8 Å². The number of Topliss-reactive ketones (excluding diaryl/α,β-unsaturated/α-hetero) is 1. The highest BCUT2D eigenvalue weighted by molar-refractivity contribution is 7.17. The third kappa shape index (κ3) is 3.99. The molecule has 138 valence electrons. The van der Waals surface area contributed by atoms with Crippen LogP contribution in [-0.4, -0.2) is 41.9 Å². The molecule has 0 spiro atoms. The number of pyridine rings is 1. The van der Waals surface area contributed by atoms with Gasteiger partial charge >= 0.3 is 0 Å². The van der Waals surface area contributed by atoms with Crippen molar-refractivity contribution < 1.29 is 4.79 Å². The highest BCUT2D eigenvalue weighted by atomic mass is 32.1. The average molecular weight is 379 g/mol. The van der Waals surface area contributed by atoms with Gasteiger partial charge in [0.2, 0.25) is 0 Å². The number of hydrogen-bond acceptors (Lipinski definition) is 7. The summed E-state index contributed by atoms with van der Waals surface area (Å²) in [4.78, 5) is 23.4. The van der Waals surface area contributed by atoms with Gasteiger partial charge in [-0.1, -0.05) is 17.4 Å². The fraction of sp³-hybridized carbons (Fsp3) is 0.250. The van der Waals surface area contributed by atoms with Crippen LogP contribution >= 0.6 is 11.3 Å². The van der Waals surface area contributed by atoms with Crippen LogP contribution in [0.4, 0.5) is 10.7 Å². The Kier molecular flexibility index (Phi) is 5.13. The van der Waals surface area contributed by atoms with E-state index in [0.29, 0.717) is 10.7 Å². The molecule has 3 N–H and O–H groups in total. The van der Waals surface area contributed by atoms with Gasteiger partial charge in [-0.3, -0.25) is 9.78 Å². The third-order valence-corrected chi connectivity index (χ3v) is 5.77. The summed E-state index contributed by atoms with van der Waals surface area (Å²) in [5.74, 6) is -0.0000345. The van der Waals surface area contributed by atoms with E-state index in [1.807, 2.05) is 30.3 Å². The summed E-state index contributed by atoms with van der Waals surface area (Å²) < 4.78 is 0. The van der Waals surface area contributed by atoms with Gasteiger partial charge in [-0.05, 0) is 41.0 Å². The van der Waals surface area contributed by atoms with Gasteiger partial charge in [-0.2, -0.15) is 0 Å².